The summed E-state index contributed by atoms with van der Waals surface area (Å²) in [4.78, 5) is 29.9. The molecule has 1 aromatic heterocycles. The Morgan fingerprint density at radius 1 is 1.07 bits per heavy atom. The maximum absolute atomic E-state index is 12.2. The smallest absolute Gasteiger partial charge is 0.234 e. The highest BCUT2D eigenvalue weighted by atomic mass is 32.2. The Balaban J connectivity index is 1.21. The van der Waals surface area contributed by atoms with Gasteiger partial charge in [-0.3, -0.25) is 9.59 Å². The molecule has 4 rings (SSSR count). The summed E-state index contributed by atoms with van der Waals surface area (Å²) >= 11 is 3.19. The van der Waals surface area contributed by atoms with E-state index < -0.39 is 0 Å². The van der Waals surface area contributed by atoms with E-state index >= 15 is 0 Å². The number of benzene rings is 1. The van der Waals surface area contributed by atoms with Crippen molar-refractivity contribution < 1.29 is 14.3 Å². The molecule has 2 aromatic rings. The Kier molecular flexibility index (Phi) is 6.74. The summed E-state index contributed by atoms with van der Waals surface area (Å²) in [5.41, 5.74) is 3.37. The van der Waals surface area contributed by atoms with E-state index in [4.69, 9.17) is 4.74 Å². The molecule has 0 aliphatic carbocycles. The van der Waals surface area contributed by atoms with Crippen molar-refractivity contribution in [2.24, 2.45) is 0 Å². The minimum absolute atomic E-state index is 0.0748. The molecule has 0 saturated carbocycles. The largest absolute Gasteiger partial charge is 0.378 e. The van der Waals surface area contributed by atoms with Gasteiger partial charge in [-0.2, -0.15) is 0 Å². The van der Waals surface area contributed by atoms with Crippen LogP contribution in [0.2, 0.25) is 0 Å². The van der Waals surface area contributed by atoms with Gasteiger partial charge in [0.05, 0.1) is 24.7 Å². The van der Waals surface area contributed by atoms with E-state index in [0.29, 0.717) is 32.1 Å². The Morgan fingerprint density at radius 3 is 2.66 bits per heavy atom. The van der Waals surface area contributed by atoms with Crippen molar-refractivity contribution in [1.29, 1.82) is 0 Å². The lowest BCUT2D eigenvalue weighted by Crippen LogP contribution is -2.41. The van der Waals surface area contributed by atoms with Crippen molar-refractivity contribution in [3.63, 3.8) is 0 Å². The number of amides is 2. The van der Waals surface area contributed by atoms with Gasteiger partial charge in [-0.1, -0.05) is 0 Å². The minimum atomic E-state index is -0.0848. The van der Waals surface area contributed by atoms with Crippen LogP contribution >= 0.6 is 23.1 Å². The molecule has 1 fully saturated rings. The van der Waals surface area contributed by atoms with Crippen LogP contribution in [0.15, 0.2) is 35.7 Å². The van der Waals surface area contributed by atoms with E-state index in [1.165, 1.54) is 27.9 Å². The quantitative estimate of drug-likeness (QED) is 0.762. The van der Waals surface area contributed by atoms with Gasteiger partial charge in [0.2, 0.25) is 11.8 Å². The zero-order valence-corrected chi connectivity index (χ0v) is 17.9. The first-order chi connectivity index (χ1) is 14.2. The summed E-state index contributed by atoms with van der Waals surface area (Å²) in [6.45, 7) is 4.44. The molecule has 0 atom stereocenters. The maximum Gasteiger partial charge on any atom is 0.234 e. The fraction of sp³-hybridized carbons (Fsp3) is 0.429. The Labute approximate surface area is 179 Å². The second-order valence-corrected chi connectivity index (χ2v) is 9.11. The zero-order valence-electron chi connectivity index (χ0n) is 16.3. The molecule has 6 nitrogen and oxygen atoms in total. The second-order valence-electron chi connectivity index (χ2n) is 7.12. The van der Waals surface area contributed by atoms with Gasteiger partial charge in [0, 0.05) is 42.4 Å². The molecule has 2 amide bonds. The molecule has 0 spiro atoms. The standard InChI is InChI=1S/C21H25N3O3S2/c25-20(14-28-15-21(26)23-8-10-27-11-9-23)22-17-1-3-18(4-2-17)24-7-5-19-16(13-24)6-12-29-19/h1-4,6,12H,5,7-11,13-15H2,(H,22,25). The van der Waals surface area contributed by atoms with Gasteiger partial charge in [0.25, 0.3) is 0 Å². The monoisotopic (exact) mass is 431 g/mol. The Bertz CT molecular complexity index is 847. The SMILES string of the molecule is O=C(CSCC(=O)N1CCOCC1)Nc1ccc(N2CCc3sccc3C2)cc1. The third-order valence-electron chi connectivity index (χ3n) is 5.15. The molecule has 1 aromatic carbocycles. The average Bonchev–Trinajstić information content (AvgIpc) is 3.23. The number of carbonyl (C=O) groups is 2. The van der Waals surface area contributed by atoms with Crippen LogP contribution in [0.3, 0.4) is 0 Å². The van der Waals surface area contributed by atoms with Crippen LogP contribution in [0.4, 0.5) is 11.4 Å². The zero-order chi connectivity index (χ0) is 20.1. The van der Waals surface area contributed by atoms with Gasteiger partial charge in [0.15, 0.2) is 0 Å². The fourth-order valence-corrected chi connectivity index (χ4v) is 5.16. The van der Waals surface area contributed by atoms with Crippen molar-refractivity contribution in [3.8, 4) is 0 Å². The van der Waals surface area contributed by atoms with Crippen molar-refractivity contribution in [2.45, 2.75) is 13.0 Å². The van der Waals surface area contributed by atoms with Crippen LogP contribution in [0.5, 0.6) is 0 Å². The van der Waals surface area contributed by atoms with Crippen LogP contribution in [0.25, 0.3) is 0 Å². The van der Waals surface area contributed by atoms with E-state index in [9.17, 15) is 9.59 Å². The molecule has 1 saturated heterocycles. The van der Waals surface area contributed by atoms with Gasteiger partial charge in [-0.15, -0.1) is 23.1 Å². The second kappa shape index (κ2) is 9.65. The topological polar surface area (TPSA) is 61.9 Å². The number of rotatable bonds is 6. The molecule has 0 unspecified atom stereocenters. The van der Waals surface area contributed by atoms with Crippen LogP contribution in [-0.2, 0) is 27.3 Å². The van der Waals surface area contributed by atoms with Gasteiger partial charge in [-0.25, -0.2) is 0 Å². The van der Waals surface area contributed by atoms with E-state index in [-0.39, 0.29) is 17.6 Å². The molecular formula is C21H25N3O3S2. The van der Waals surface area contributed by atoms with Gasteiger partial charge in [-0.05, 0) is 47.7 Å². The first kappa shape index (κ1) is 20.3. The van der Waals surface area contributed by atoms with E-state index in [1.807, 2.05) is 23.5 Å². The molecular weight excluding hydrogens is 406 g/mol. The molecule has 154 valence electrons. The molecule has 29 heavy (non-hydrogen) atoms. The Hall–Kier alpha value is -2.03. The van der Waals surface area contributed by atoms with Crippen LogP contribution in [0.1, 0.15) is 10.4 Å². The normalized spacial score (nSPS) is 16.4. The first-order valence-electron chi connectivity index (χ1n) is 9.82. The fourth-order valence-electron chi connectivity index (χ4n) is 3.56. The summed E-state index contributed by atoms with van der Waals surface area (Å²) in [5.74, 6) is 0.584. The predicted molar refractivity (Wildman–Crippen MR) is 119 cm³/mol. The third kappa shape index (κ3) is 5.32. The van der Waals surface area contributed by atoms with Crippen LogP contribution in [0, 0.1) is 0 Å². The molecule has 8 heteroatoms. The summed E-state index contributed by atoms with van der Waals surface area (Å²) in [7, 11) is 0. The van der Waals surface area contributed by atoms with Crippen molar-refractivity contribution in [1.82, 2.24) is 4.90 Å². The summed E-state index contributed by atoms with van der Waals surface area (Å²) in [6, 6.07) is 10.2. The summed E-state index contributed by atoms with van der Waals surface area (Å²) in [6.07, 6.45) is 1.09. The number of carbonyl (C=O) groups excluding carboxylic acids is 2. The Morgan fingerprint density at radius 2 is 1.86 bits per heavy atom. The summed E-state index contributed by atoms with van der Waals surface area (Å²) < 4.78 is 5.25. The lowest BCUT2D eigenvalue weighted by atomic mass is 10.1. The molecule has 2 aliphatic heterocycles. The van der Waals surface area contributed by atoms with Crippen LogP contribution < -0.4 is 10.2 Å². The molecule has 0 radical (unpaired) electrons. The summed E-state index contributed by atoms with van der Waals surface area (Å²) in [5, 5.41) is 5.08. The van der Waals surface area contributed by atoms with Gasteiger partial charge < -0.3 is 19.9 Å². The highest BCUT2D eigenvalue weighted by molar-refractivity contribution is 8.00. The van der Waals surface area contributed by atoms with Crippen molar-refractivity contribution in [2.75, 3.05) is 54.6 Å². The number of hydrogen-bond acceptors (Lipinski definition) is 6. The number of nitrogens with one attached hydrogen (secondary N) is 1. The lowest BCUT2D eigenvalue weighted by molar-refractivity contribution is -0.132. The minimum Gasteiger partial charge on any atom is -0.378 e. The number of thioether (sulfide) groups is 1. The number of ether oxygens (including phenoxy) is 1. The number of morpholine rings is 1. The highest BCUT2D eigenvalue weighted by Crippen LogP contribution is 2.28. The first-order valence-corrected chi connectivity index (χ1v) is 11.9. The van der Waals surface area contributed by atoms with Gasteiger partial charge >= 0.3 is 0 Å². The number of anilines is 2. The predicted octanol–water partition coefficient (Wildman–Crippen LogP) is 2.84. The van der Waals surface area contributed by atoms with E-state index in [2.05, 4.69) is 33.8 Å². The van der Waals surface area contributed by atoms with Crippen molar-refractivity contribution in [3.05, 3.63) is 46.2 Å². The van der Waals surface area contributed by atoms with Gasteiger partial charge in [0.1, 0.15) is 0 Å². The lowest BCUT2D eigenvalue weighted by Gasteiger charge is -2.29. The number of nitrogens with zero attached hydrogens (tertiary/aromatic N) is 2. The molecule has 2 aliphatic rings. The highest BCUT2D eigenvalue weighted by Gasteiger charge is 2.18. The third-order valence-corrected chi connectivity index (χ3v) is 7.09. The number of thiophene rings is 1. The molecule has 1 N–H and O–H groups in total. The van der Waals surface area contributed by atoms with Crippen LogP contribution in [-0.4, -0.2) is 61.1 Å². The average molecular weight is 432 g/mol. The maximum atomic E-state index is 12.2. The van der Waals surface area contributed by atoms with E-state index in [0.717, 1.165) is 25.2 Å². The molecule has 0 bridgehead atoms. The van der Waals surface area contributed by atoms with Crippen molar-refractivity contribution >= 4 is 46.3 Å². The van der Waals surface area contributed by atoms with E-state index in [1.54, 1.807) is 4.90 Å². The number of hydrogen-bond donors (Lipinski definition) is 1. The molecule has 3 heterocycles. The number of fused-ring (bicyclic) bond motifs is 1.